The van der Waals surface area contributed by atoms with E-state index in [1.165, 1.54) is 6.20 Å². The van der Waals surface area contributed by atoms with E-state index in [-0.39, 0.29) is 12.0 Å². The molecule has 12 heteroatoms. The molecule has 0 saturated carbocycles. The molecule has 2 N–H and O–H groups in total. The average Bonchev–Trinajstić information content (AvgIpc) is 3.54. The van der Waals surface area contributed by atoms with Gasteiger partial charge in [0.25, 0.3) is 12.9 Å². The molecule has 40 heavy (non-hydrogen) atoms. The van der Waals surface area contributed by atoms with E-state index in [0.29, 0.717) is 34.6 Å². The molecule has 0 aliphatic rings. The second kappa shape index (κ2) is 11.2. The minimum Gasteiger partial charge on any atom is -0.346 e. The summed E-state index contributed by atoms with van der Waals surface area (Å²) in [4.78, 5) is 24.9. The van der Waals surface area contributed by atoms with Crippen LogP contribution < -0.4 is 5.32 Å². The molecule has 0 fully saturated rings. The third kappa shape index (κ3) is 5.85. The van der Waals surface area contributed by atoms with Crippen LogP contribution in [0, 0.1) is 11.6 Å². The number of halogens is 6. The minimum atomic E-state index is -3.09. The fourth-order valence-corrected chi connectivity index (χ4v) is 4.59. The van der Waals surface area contributed by atoms with Crippen LogP contribution in [0.4, 0.5) is 26.3 Å². The van der Waals surface area contributed by atoms with Crippen molar-refractivity contribution < 1.29 is 31.1 Å². The van der Waals surface area contributed by atoms with Gasteiger partial charge in [0.05, 0.1) is 17.4 Å². The topological polar surface area (TPSA) is 75.6 Å². The maximum absolute atomic E-state index is 14.0. The number of alkyl halides is 4. The highest BCUT2D eigenvalue weighted by atomic mass is 19.3. The van der Waals surface area contributed by atoms with E-state index in [1.54, 1.807) is 24.5 Å². The third-order valence-corrected chi connectivity index (χ3v) is 6.32. The Morgan fingerprint density at radius 1 is 0.975 bits per heavy atom. The highest BCUT2D eigenvalue weighted by Gasteiger charge is 2.24. The second-order valence-corrected chi connectivity index (χ2v) is 9.11. The summed E-state index contributed by atoms with van der Waals surface area (Å²) in [5.41, 5.74) is 1.01. The summed E-state index contributed by atoms with van der Waals surface area (Å²) in [6.45, 7) is -0.695. The number of H-pyrrole nitrogens is 1. The number of carbonyl (C=O) groups is 1. The van der Waals surface area contributed by atoms with Crippen LogP contribution in [0.2, 0.25) is 0 Å². The normalized spacial score (nSPS) is 12.4. The quantitative estimate of drug-likeness (QED) is 0.199. The van der Waals surface area contributed by atoms with Crippen LogP contribution in [0.15, 0.2) is 73.3 Å². The van der Waals surface area contributed by atoms with Crippen molar-refractivity contribution in [1.29, 1.82) is 0 Å². The Bertz CT molecular complexity index is 1640. The Kier molecular flexibility index (Phi) is 7.58. The van der Waals surface area contributed by atoms with E-state index in [0.717, 1.165) is 28.3 Å². The highest BCUT2D eigenvalue weighted by Crippen LogP contribution is 2.31. The maximum Gasteiger partial charge on any atom is 0.278 e. The van der Waals surface area contributed by atoms with Gasteiger partial charge in [-0.25, -0.2) is 31.3 Å². The number of pyridine rings is 2. The summed E-state index contributed by atoms with van der Waals surface area (Å²) in [6.07, 6.45) is -0.610. The number of nitrogens with zero attached hydrogens (tertiary/aromatic N) is 3. The zero-order chi connectivity index (χ0) is 28.4. The van der Waals surface area contributed by atoms with Crippen LogP contribution in [0.3, 0.4) is 0 Å². The predicted octanol–water partition coefficient (Wildman–Crippen LogP) is 6.68. The molecule has 4 heterocycles. The Labute approximate surface area is 223 Å². The lowest BCUT2D eigenvalue weighted by Crippen LogP contribution is -2.34. The fourth-order valence-electron chi connectivity index (χ4n) is 4.59. The number of rotatable bonds is 9. The highest BCUT2D eigenvalue weighted by molar-refractivity contribution is 5.82. The van der Waals surface area contributed by atoms with E-state index >= 15 is 0 Å². The number of aromatic amines is 1. The zero-order valence-corrected chi connectivity index (χ0v) is 20.6. The largest absolute Gasteiger partial charge is 0.346 e. The second-order valence-electron chi connectivity index (χ2n) is 9.11. The Hall–Kier alpha value is -4.61. The van der Waals surface area contributed by atoms with Gasteiger partial charge in [0.1, 0.15) is 23.8 Å². The van der Waals surface area contributed by atoms with Crippen molar-refractivity contribution in [2.45, 2.75) is 31.9 Å². The monoisotopic (exact) mass is 557 g/mol. The molecule has 0 bridgehead atoms. The molecule has 1 amide bonds. The molecular weight excluding hydrogens is 536 g/mol. The van der Waals surface area contributed by atoms with Crippen LogP contribution >= 0.6 is 0 Å². The van der Waals surface area contributed by atoms with Crippen molar-refractivity contribution in [1.82, 2.24) is 24.8 Å². The van der Waals surface area contributed by atoms with Crippen molar-refractivity contribution >= 4 is 16.9 Å². The lowest BCUT2D eigenvalue weighted by Gasteiger charge is -2.22. The number of aromatic nitrogens is 4. The smallest absolute Gasteiger partial charge is 0.278 e. The molecular formula is C28H21F6N5O. The van der Waals surface area contributed by atoms with Gasteiger partial charge in [-0.2, -0.15) is 0 Å². The Balaban J connectivity index is 1.51. The summed E-state index contributed by atoms with van der Waals surface area (Å²) in [5, 5.41) is 3.50. The SMILES string of the molecule is O=C(Cn1cc(C(F)F)cc1C(F)F)N[C@@H](Cc1cc(F)cc(F)c1)c1ncccc1-c1cnc2[nH]ccc2c1. The number of fused-ring (bicyclic) bond motifs is 1. The van der Waals surface area contributed by atoms with Gasteiger partial charge >= 0.3 is 0 Å². The Morgan fingerprint density at radius 3 is 2.48 bits per heavy atom. The molecule has 5 rings (SSSR count). The molecule has 0 aliphatic carbocycles. The number of hydrogen-bond donors (Lipinski definition) is 2. The number of carbonyl (C=O) groups excluding carboxylic acids is 1. The first-order valence-corrected chi connectivity index (χ1v) is 12.1. The van der Waals surface area contributed by atoms with Crippen molar-refractivity contribution in [3.8, 4) is 11.1 Å². The maximum atomic E-state index is 14.0. The van der Waals surface area contributed by atoms with Gasteiger partial charge in [0.2, 0.25) is 5.91 Å². The van der Waals surface area contributed by atoms with E-state index in [1.807, 2.05) is 12.1 Å². The van der Waals surface area contributed by atoms with Crippen LogP contribution in [0.1, 0.15) is 41.4 Å². The first-order chi connectivity index (χ1) is 19.2. The number of nitrogens with one attached hydrogen (secondary N) is 2. The van der Waals surface area contributed by atoms with Crippen LogP contribution in [0.25, 0.3) is 22.2 Å². The standard InChI is InChI=1S/C28H21F6N5O/c29-19-6-15(7-20(30)11-19)8-22(38-24(40)14-39-13-18(26(31)32)10-23(39)27(33)34)25-21(2-1-4-35-25)17-9-16-3-5-36-28(16)37-12-17/h1-7,9-13,22,26-27H,8,14H2,(H,36,37)(H,38,40)/t22-/m0/s1. The molecule has 1 atom stereocenters. The minimum absolute atomic E-state index is 0.111. The van der Waals surface area contributed by atoms with E-state index < -0.39 is 54.2 Å². The number of benzene rings is 1. The zero-order valence-electron chi connectivity index (χ0n) is 20.6. The summed E-state index contributed by atoms with van der Waals surface area (Å²) in [5.74, 6) is -2.44. The van der Waals surface area contributed by atoms with Gasteiger partial charge in [-0.3, -0.25) is 9.78 Å². The van der Waals surface area contributed by atoms with E-state index in [9.17, 15) is 31.1 Å². The molecule has 0 aliphatic heterocycles. The molecule has 6 nitrogen and oxygen atoms in total. The molecule has 0 unspecified atom stereocenters. The van der Waals surface area contributed by atoms with Gasteiger partial charge in [-0.15, -0.1) is 0 Å². The lowest BCUT2D eigenvalue weighted by molar-refractivity contribution is -0.122. The van der Waals surface area contributed by atoms with Crippen molar-refractivity contribution in [3.63, 3.8) is 0 Å². The molecule has 4 aromatic heterocycles. The van der Waals surface area contributed by atoms with E-state index in [2.05, 4.69) is 20.3 Å². The number of amides is 1. The van der Waals surface area contributed by atoms with Gasteiger partial charge in [-0.1, -0.05) is 6.07 Å². The fraction of sp³-hybridized carbons (Fsp3) is 0.179. The molecule has 206 valence electrons. The van der Waals surface area contributed by atoms with Crippen molar-refractivity contribution in [3.05, 3.63) is 107 Å². The Morgan fingerprint density at radius 2 is 1.75 bits per heavy atom. The molecule has 0 radical (unpaired) electrons. The lowest BCUT2D eigenvalue weighted by atomic mass is 9.95. The van der Waals surface area contributed by atoms with Gasteiger partial charge in [0, 0.05) is 52.9 Å². The van der Waals surface area contributed by atoms with Crippen LogP contribution in [-0.2, 0) is 17.8 Å². The first kappa shape index (κ1) is 27.0. The third-order valence-electron chi connectivity index (χ3n) is 6.32. The van der Waals surface area contributed by atoms with Crippen LogP contribution in [-0.4, -0.2) is 25.4 Å². The average molecular weight is 557 g/mol. The van der Waals surface area contributed by atoms with Crippen LogP contribution in [0.5, 0.6) is 0 Å². The first-order valence-electron chi connectivity index (χ1n) is 12.1. The molecule has 0 spiro atoms. The van der Waals surface area contributed by atoms with Gasteiger partial charge < -0.3 is 14.9 Å². The van der Waals surface area contributed by atoms with E-state index in [4.69, 9.17) is 0 Å². The molecule has 1 aromatic carbocycles. The van der Waals surface area contributed by atoms with Gasteiger partial charge in [-0.05, 0) is 48.4 Å². The molecule has 0 saturated heterocycles. The summed E-state index contributed by atoms with van der Waals surface area (Å²) in [7, 11) is 0. The summed E-state index contributed by atoms with van der Waals surface area (Å²) >= 11 is 0. The van der Waals surface area contributed by atoms with Crippen molar-refractivity contribution in [2.24, 2.45) is 0 Å². The predicted molar refractivity (Wildman–Crippen MR) is 135 cm³/mol. The number of hydrogen-bond acceptors (Lipinski definition) is 3. The summed E-state index contributed by atoms with van der Waals surface area (Å²) < 4.78 is 82.0. The van der Waals surface area contributed by atoms with Gasteiger partial charge in [0.15, 0.2) is 0 Å². The van der Waals surface area contributed by atoms with Crippen molar-refractivity contribution in [2.75, 3.05) is 0 Å². The summed E-state index contributed by atoms with van der Waals surface area (Å²) in [6, 6.07) is 9.66. The molecule has 5 aromatic rings.